The first-order chi connectivity index (χ1) is 9.88. The maximum atomic E-state index is 12.5. The number of ketones is 1. The van der Waals surface area contributed by atoms with Crippen LogP contribution in [0, 0.1) is 0 Å². The second kappa shape index (κ2) is 6.75. The van der Waals surface area contributed by atoms with Crippen LogP contribution >= 0.6 is 11.6 Å². The largest absolute Gasteiger partial charge is 0.433 e. The molecule has 116 valence electrons. The van der Waals surface area contributed by atoms with E-state index in [0.717, 1.165) is 31.4 Å². The molecule has 1 unspecified atom stereocenters. The third-order valence-electron chi connectivity index (χ3n) is 3.41. The van der Waals surface area contributed by atoms with Gasteiger partial charge in [0.05, 0.1) is 11.7 Å². The third-order valence-corrected chi connectivity index (χ3v) is 3.70. The van der Waals surface area contributed by atoms with Gasteiger partial charge in [-0.1, -0.05) is 11.6 Å². The number of pyridine rings is 1. The lowest BCUT2D eigenvalue weighted by atomic mass is 10.0. The lowest BCUT2D eigenvalue weighted by Gasteiger charge is -2.22. The Morgan fingerprint density at radius 1 is 1.38 bits per heavy atom. The number of rotatable bonds is 4. The van der Waals surface area contributed by atoms with Crippen molar-refractivity contribution in [1.82, 2.24) is 4.98 Å². The molecule has 0 N–H and O–H groups in total. The van der Waals surface area contributed by atoms with Gasteiger partial charge >= 0.3 is 6.18 Å². The van der Waals surface area contributed by atoms with Crippen LogP contribution in [0.1, 0.15) is 48.2 Å². The van der Waals surface area contributed by atoms with Gasteiger partial charge in [0.1, 0.15) is 10.8 Å². The van der Waals surface area contributed by atoms with Gasteiger partial charge in [-0.2, -0.15) is 13.2 Å². The SMILES string of the molecule is O=C(CCC1CCCCO1)c1ccc(C(F)(F)F)nc1Cl. The lowest BCUT2D eigenvalue weighted by Crippen LogP contribution is -2.20. The van der Waals surface area contributed by atoms with Crippen molar-refractivity contribution in [2.75, 3.05) is 6.61 Å². The number of Topliss-reactive ketones (excluding diaryl/α,β-unsaturated/α-hetero) is 1. The number of nitrogens with zero attached hydrogens (tertiary/aromatic N) is 1. The van der Waals surface area contributed by atoms with Crippen molar-refractivity contribution in [3.63, 3.8) is 0 Å². The molecule has 1 atom stereocenters. The van der Waals surface area contributed by atoms with E-state index in [1.807, 2.05) is 0 Å². The molecule has 0 spiro atoms. The minimum atomic E-state index is -4.57. The van der Waals surface area contributed by atoms with Gasteiger partial charge in [-0.25, -0.2) is 4.98 Å². The van der Waals surface area contributed by atoms with Crippen molar-refractivity contribution in [1.29, 1.82) is 0 Å². The minimum absolute atomic E-state index is 0.0282. The fourth-order valence-corrected chi connectivity index (χ4v) is 2.52. The zero-order chi connectivity index (χ0) is 15.5. The maximum Gasteiger partial charge on any atom is 0.433 e. The molecule has 0 amide bonds. The van der Waals surface area contributed by atoms with Crippen molar-refractivity contribution in [3.05, 3.63) is 28.5 Å². The molecule has 2 heterocycles. The van der Waals surface area contributed by atoms with Crippen LogP contribution in [0.2, 0.25) is 5.15 Å². The first-order valence-electron chi connectivity index (χ1n) is 6.76. The monoisotopic (exact) mass is 321 g/mol. The van der Waals surface area contributed by atoms with Gasteiger partial charge in [0, 0.05) is 13.0 Å². The molecule has 3 nitrogen and oxygen atoms in total. The van der Waals surface area contributed by atoms with E-state index in [0.29, 0.717) is 13.0 Å². The Bertz CT molecular complexity index is 513. The zero-order valence-corrected chi connectivity index (χ0v) is 12.0. The van der Waals surface area contributed by atoms with E-state index in [-0.39, 0.29) is 23.9 Å². The van der Waals surface area contributed by atoms with E-state index in [2.05, 4.69) is 4.98 Å². The van der Waals surface area contributed by atoms with Gasteiger partial charge in [-0.05, 0) is 37.8 Å². The van der Waals surface area contributed by atoms with Crippen molar-refractivity contribution in [2.24, 2.45) is 0 Å². The summed E-state index contributed by atoms with van der Waals surface area (Å²) in [5, 5.41) is -0.403. The molecule has 1 aliphatic heterocycles. The molecule has 1 aliphatic rings. The topological polar surface area (TPSA) is 39.2 Å². The van der Waals surface area contributed by atoms with Gasteiger partial charge in [0.25, 0.3) is 0 Å². The summed E-state index contributed by atoms with van der Waals surface area (Å²) < 4.78 is 42.9. The van der Waals surface area contributed by atoms with Crippen molar-refractivity contribution >= 4 is 17.4 Å². The van der Waals surface area contributed by atoms with Crippen LogP contribution < -0.4 is 0 Å². The standard InChI is InChI=1S/C14H15ClF3NO2/c15-13-10(5-7-12(19-13)14(16,17)18)11(20)6-4-9-3-1-2-8-21-9/h5,7,9H,1-4,6,8H2. The highest BCUT2D eigenvalue weighted by Gasteiger charge is 2.33. The number of hydrogen-bond donors (Lipinski definition) is 0. The van der Waals surface area contributed by atoms with Crippen LogP contribution in [-0.4, -0.2) is 23.5 Å². The van der Waals surface area contributed by atoms with Crippen molar-refractivity contribution in [2.45, 2.75) is 44.4 Å². The Labute approximate surface area is 125 Å². The van der Waals surface area contributed by atoms with Crippen molar-refractivity contribution in [3.8, 4) is 0 Å². The van der Waals surface area contributed by atoms with Crippen LogP contribution in [0.5, 0.6) is 0 Å². The molecule has 0 aliphatic carbocycles. The fraction of sp³-hybridized carbons (Fsp3) is 0.571. The van der Waals surface area contributed by atoms with Gasteiger partial charge in [0.2, 0.25) is 0 Å². The Morgan fingerprint density at radius 3 is 2.71 bits per heavy atom. The van der Waals surface area contributed by atoms with Crippen LogP contribution in [-0.2, 0) is 10.9 Å². The number of carbonyl (C=O) groups is 1. The first-order valence-corrected chi connectivity index (χ1v) is 7.14. The summed E-state index contributed by atoms with van der Waals surface area (Å²) in [6.45, 7) is 0.696. The molecule has 0 saturated carbocycles. The molecule has 0 radical (unpaired) electrons. The molecule has 1 aromatic heterocycles. The van der Waals surface area contributed by atoms with E-state index in [9.17, 15) is 18.0 Å². The predicted octanol–water partition coefficient (Wildman–Crippen LogP) is 4.29. The average molecular weight is 322 g/mol. The fourth-order valence-electron chi connectivity index (χ4n) is 2.26. The number of carbonyl (C=O) groups excluding carboxylic acids is 1. The summed E-state index contributed by atoms with van der Waals surface area (Å²) in [5.74, 6) is -0.310. The van der Waals surface area contributed by atoms with E-state index < -0.39 is 17.0 Å². The van der Waals surface area contributed by atoms with Crippen molar-refractivity contribution < 1.29 is 22.7 Å². The Morgan fingerprint density at radius 2 is 2.14 bits per heavy atom. The normalized spacial score (nSPS) is 19.5. The second-order valence-corrected chi connectivity index (χ2v) is 5.34. The Kier molecular flexibility index (Phi) is 5.22. The molecule has 1 saturated heterocycles. The summed E-state index contributed by atoms with van der Waals surface area (Å²) in [7, 11) is 0. The molecule has 2 rings (SSSR count). The summed E-state index contributed by atoms with van der Waals surface area (Å²) in [5.41, 5.74) is -1.07. The van der Waals surface area contributed by atoms with Gasteiger partial charge in [-0.15, -0.1) is 0 Å². The van der Waals surface area contributed by atoms with Crippen LogP contribution in [0.3, 0.4) is 0 Å². The third kappa shape index (κ3) is 4.41. The Balaban J connectivity index is 1.99. The molecule has 1 aromatic rings. The van der Waals surface area contributed by atoms with Gasteiger partial charge in [0.15, 0.2) is 5.78 Å². The minimum Gasteiger partial charge on any atom is -0.378 e. The summed E-state index contributed by atoms with van der Waals surface area (Å²) in [6, 6.07) is 1.86. The van der Waals surface area contributed by atoms with Crippen LogP contribution in [0.4, 0.5) is 13.2 Å². The van der Waals surface area contributed by atoms with Crippen LogP contribution in [0.15, 0.2) is 12.1 Å². The number of halogens is 4. The number of alkyl halides is 3. The maximum absolute atomic E-state index is 12.5. The number of hydrogen-bond acceptors (Lipinski definition) is 3. The van der Waals surface area contributed by atoms with E-state index in [1.54, 1.807) is 0 Å². The molecular weight excluding hydrogens is 307 g/mol. The molecular formula is C14H15ClF3NO2. The summed E-state index contributed by atoms with van der Waals surface area (Å²) >= 11 is 5.69. The quantitative estimate of drug-likeness (QED) is 0.613. The highest BCUT2D eigenvalue weighted by molar-refractivity contribution is 6.32. The number of ether oxygens (including phenoxy) is 1. The average Bonchev–Trinajstić information content (AvgIpc) is 2.45. The lowest BCUT2D eigenvalue weighted by molar-refractivity contribution is -0.141. The zero-order valence-electron chi connectivity index (χ0n) is 11.3. The molecule has 1 fully saturated rings. The van der Waals surface area contributed by atoms with Crippen LogP contribution in [0.25, 0.3) is 0 Å². The molecule has 7 heteroatoms. The Hall–Kier alpha value is -1.14. The second-order valence-electron chi connectivity index (χ2n) is 4.98. The summed E-state index contributed by atoms with van der Waals surface area (Å²) in [4.78, 5) is 15.3. The highest BCUT2D eigenvalue weighted by atomic mass is 35.5. The summed E-state index contributed by atoms with van der Waals surface area (Å²) in [6.07, 6.45) is -0.773. The van der Waals surface area contributed by atoms with E-state index >= 15 is 0 Å². The van der Waals surface area contributed by atoms with Gasteiger partial charge < -0.3 is 4.74 Å². The first kappa shape index (κ1) is 16.2. The predicted molar refractivity (Wildman–Crippen MR) is 71.4 cm³/mol. The smallest absolute Gasteiger partial charge is 0.378 e. The number of aromatic nitrogens is 1. The van der Waals surface area contributed by atoms with E-state index in [1.165, 1.54) is 0 Å². The molecule has 21 heavy (non-hydrogen) atoms. The van der Waals surface area contributed by atoms with Gasteiger partial charge in [-0.3, -0.25) is 4.79 Å². The highest BCUT2D eigenvalue weighted by Crippen LogP contribution is 2.30. The molecule has 0 aromatic carbocycles. The van der Waals surface area contributed by atoms with E-state index in [4.69, 9.17) is 16.3 Å². The molecule has 0 bridgehead atoms.